The van der Waals surface area contributed by atoms with Crippen molar-refractivity contribution in [3.05, 3.63) is 82.7 Å². The van der Waals surface area contributed by atoms with E-state index in [4.69, 9.17) is 5.26 Å². The molecule has 0 aliphatic heterocycles. The van der Waals surface area contributed by atoms with Crippen LogP contribution < -0.4 is 0 Å². The summed E-state index contributed by atoms with van der Waals surface area (Å²) in [6, 6.07) is 9.90. The second kappa shape index (κ2) is 8.55. The number of carbonyl (C=O) groups excluding carboxylic acids is 1. The first-order valence-electron chi connectivity index (χ1n) is 8.42. The van der Waals surface area contributed by atoms with Gasteiger partial charge in [-0.2, -0.15) is 5.26 Å². The number of nitro benzene ring substituents is 1. The number of aromatic nitrogens is 3. The fraction of sp³-hybridized carbons (Fsp3) is 0.158. The molecule has 0 aliphatic carbocycles. The van der Waals surface area contributed by atoms with Crippen LogP contribution in [0.15, 0.2) is 61.4 Å². The standard InChI is InChI=1S/C19H16N6O3/c20-6-2-9-23(13-15-3-1-7-21-12-15)19(26)16-4-5-17(18(11-16)25(27)28)24-10-8-22-14-24/h1,3-5,7-8,10-12,14H,2,9,13H2. The van der Waals surface area contributed by atoms with Crippen LogP contribution in [0, 0.1) is 21.4 Å². The van der Waals surface area contributed by atoms with Gasteiger partial charge < -0.3 is 9.47 Å². The van der Waals surface area contributed by atoms with Crippen LogP contribution >= 0.6 is 0 Å². The minimum atomic E-state index is -0.535. The van der Waals surface area contributed by atoms with Crippen LogP contribution in [0.3, 0.4) is 0 Å². The summed E-state index contributed by atoms with van der Waals surface area (Å²) < 4.78 is 1.51. The third kappa shape index (κ3) is 4.19. The number of nitriles is 1. The number of rotatable bonds is 7. The summed E-state index contributed by atoms with van der Waals surface area (Å²) >= 11 is 0. The van der Waals surface area contributed by atoms with Gasteiger partial charge >= 0.3 is 0 Å². The van der Waals surface area contributed by atoms with Crippen LogP contribution in [0.2, 0.25) is 0 Å². The van der Waals surface area contributed by atoms with Gasteiger partial charge in [-0.1, -0.05) is 6.07 Å². The maximum absolute atomic E-state index is 13.0. The summed E-state index contributed by atoms with van der Waals surface area (Å²) in [6.07, 6.45) is 7.97. The molecule has 2 aromatic heterocycles. The van der Waals surface area contributed by atoms with Crippen molar-refractivity contribution < 1.29 is 9.72 Å². The van der Waals surface area contributed by atoms with Crippen molar-refractivity contribution in [2.45, 2.75) is 13.0 Å². The zero-order chi connectivity index (χ0) is 19.9. The van der Waals surface area contributed by atoms with E-state index >= 15 is 0 Å². The lowest BCUT2D eigenvalue weighted by atomic mass is 10.1. The van der Waals surface area contributed by atoms with E-state index in [1.807, 2.05) is 12.1 Å². The molecule has 1 aromatic carbocycles. The molecule has 0 atom stereocenters. The van der Waals surface area contributed by atoms with Crippen molar-refractivity contribution in [3.63, 3.8) is 0 Å². The Kier molecular flexibility index (Phi) is 5.72. The van der Waals surface area contributed by atoms with E-state index < -0.39 is 4.92 Å². The molecule has 0 N–H and O–H groups in total. The maximum Gasteiger partial charge on any atom is 0.294 e. The van der Waals surface area contributed by atoms with Crippen molar-refractivity contribution >= 4 is 11.6 Å². The fourth-order valence-corrected chi connectivity index (χ4v) is 2.75. The molecule has 3 rings (SSSR count). The molecular weight excluding hydrogens is 360 g/mol. The zero-order valence-corrected chi connectivity index (χ0v) is 14.8. The Morgan fingerprint density at radius 1 is 1.29 bits per heavy atom. The average molecular weight is 376 g/mol. The molecule has 9 heteroatoms. The van der Waals surface area contributed by atoms with Gasteiger partial charge in [-0.25, -0.2) is 4.98 Å². The van der Waals surface area contributed by atoms with Gasteiger partial charge in [-0.3, -0.25) is 19.9 Å². The first-order valence-corrected chi connectivity index (χ1v) is 8.42. The highest BCUT2D eigenvalue weighted by Crippen LogP contribution is 2.25. The van der Waals surface area contributed by atoms with Crippen LogP contribution in [-0.4, -0.2) is 36.8 Å². The highest BCUT2D eigenvalue weighted by molar-refractivity contribution is 5.95. The minimum absolute atomic E-state index is 0.154. The Bertz CT molecular complexity index is 1010. The predicted molar refractivity (Wildman–Crippen MR) is 99.4 cm³/mol. The summed E-state index contributed by atoms with van der Waals surface area (Å²) in [6.45, 7) is 0.465. The summed E-state index contributed by atoms with van der Waals surface area (Å²) in [4.78, 5) is 33.4. The molecule has 0 fully saturated rings. The second-order valence-corrected chi connectivity index (χ2v) is 5.93. The molecule has 0 spiro atoms. The molecule has 2 heterocycles. The number of hydrogen-bond donors (Lipinski definition) is 0. The maximum atomic E-state index is 13.0. The van der Waals surface area contributed by atoms with Gasteiger partial charge in [-0.05, 0) is 23.8 Å². The van der Waals surface area contributed by atoms with Gasteiger partial charge in [0, 0.05) is 49.5 Å². The van der Waals surface area contributed by atoms with Gasteiger partial charge in [0.25, 0.3) is 11.6 Å². The number of amides is 1. The van der Waals surface area contributed by atoms with Crippen LogP contribution in [0.4, 0.5) is 5.69 Å². The topological polar surface area (TPSA) is 118 Å². The van der Waals surface area contributed by atoms with Gasteiger partial charge in [-0.15, -0.1) is 0 Å². The number of imidazole rings is 1. The van der Waals surface area contributed by atoms with Crippen LogP contribution in [0.25, 0.3) is 5.69 Å². The van der Waals surface area contributed by atoms with Gasteiger partial charge in [0.05, 0.1) is 23.7 Å². The Morgan fingerprint density at radius 3 is 2.79 bits per heavy atom. The van der Waals surface area contributed by atoms with Crippen molar-refractivity contribution in [1.29, 1.82) is 5.26 Å². The largest absolute Gasteiger partial charge is 0.333 e. The summed E-state index contributed by atoms with van der Waals surface area (Å²) in [5, 5.41) is 20.4. The molecule has 0 bridgehead atoms. The van der Waals surface area contributed by atoms with Crippen molar-refractivity contribution in [2.75, 3.05) is 6.54 Å². The number of carbonyl (C=O) groups is 1. The van der Waals surface area contributed by atoms with Gasteiger partial charge in [0.1, 0.15) is 5.69 Å². The lowest BCUT2D eigenvalue weighted by Gasteiger charge is -2.22. The molecule has 0 saturated heterocycles. The molecule has 9 nitrogen and oxygen atoms in total. The number of nitrogens with zero attached hydrogens (tertiary/aromatic N) is 6. The third-order valence-corrected chi connectivity index (χ3v) is 4.08. The Labute approximate surface area is 160 Å². The molecule has 0 unspecified atom stereocenters. The van der Waals surface area contributed by atoms with Crippen molar-refractivity contribution in [1.82, 2.24) is 19.4 Å². The Morgan fingerprint density at radius 2 is 2.14 bits per heavy atom. The molecule has 140 valence electrons. The molecule has 3 aromatic rings. The quantitative estimate of drug-likeness (QED) is 0.462. The van der Waals surface area contributed by atoms with E-state index in [1.165, 1.54) is 40.2 Å². The van der Waals surface area contributed by atoms with E-state index in [9.17, 15) is 14.9 Å². The third-order valence-electron chi connectivity index (χ3n) is 4.08. The molecule has 0 saturated carbocycles. The van der Waals surface area contributed by atoms with Crippen molar-refractivity contribution in [2.24, 2.45) is 0 Å². The van der Waals surface area contributed by atoms with Gasteiger partial charge in [0.2, 0.25) is 0 Å². The highest BCUT2D eigenvalue weighted by atomic mass is 16.6. The zero-order valence-electron chi connectivity index (χ0n) is 14.8. The first-order chi connectivity index (χ1) is 13.6. The van der Waals surface area contributed by atoms with Crippen LogP contribution in [-0.2, 0) is 6.54 Å². The summed E-state index contributed by atoms with van der Waals surface area (Å²) in [5.41, 5.74) is 1.09. The summed E-state index contributed by atoms with van der Waals surface area (Å²) in [5.74, 6) is -0.389. The highest BCUT2D eigenvalue weighted by Gasteiger charge is 2.22. The second-order valence-electron chi connectivity index (χ2n) is 5.93. The first kappa shape index (κ1) is 18.7. The van der Waals surface area contributed by atoms with Gasteiger partial charge in [0.15, 0.2) is 0 Å². The molecule has 1 amide bonds. The van der Waals surface area contributed by atoms with Crippen molar-refractivity contribution in [3.8, 4) is 11.8 Å². The number of hydrogen-bond acceptors (Lipinski definition) is 6. The van der Waals surface area contributed by atoms with E-state index in [0.29, 0.717) is 5.69 Å². The molecule has 0 radical (unpaired) electrons. The number of benzene rings is 1. The Balaban J connectivity index is 1.93. The Hall–Kier alpha value is -4.06. The normalized spacial score (nSPS) is 10.2. The number of nitro groups is 1. The lowest BCUT2D eigenvalue weighted by Crippen LogP contribution is -2.31. The summed E-state index contributed by atoms with van der Waals surface area (Å²) in [7, 11) is 0. The predicted octanol–water partition coefficient (Wildman–Crippen LogP) is 2.73. The smallest absolute Gasteiger partial charge is 0.294 e. The lowest BCUT2D eigenvalue weighted by molar-refractivity contribution is -0.384. The average Bonchev–Trinajstić information content (AvgIpc) is 3.25. The van der Waals surface area contributed by atoms with E-state index in [-0.39, 0.29) is 36.7 Å². The minimum Gasteiger partial charge on any atom is -0.333 e. The van der Waals surface area contributed by atoms with Crippen LogP contribution in [0.5, 0.6) is 0 Å². The molecule has 28 heavy (non-hydrogen) atoms. The van der Waals surface area contributed by atoms with E-state index in [2.05, 4.69) is 9.97 Å². The monoisotopic (exact) mass is 376 g/mol. The fourth-order valence-electron chi connectivity index (χ4n) is 2.75. The van der Waals surface area contributed by atoms with E-state index in [0.717, 1.165) is 5.56 Å². The van der Waals surface area contributed by atoms with Crippen LogP contribution in [0.1, 0.15) is 22.3 Å². The molecular formula is C19H16N6O3. The molecule has 0 aliphatic rings. The SMILES string of the molecule is N#CCCN(Cc1cccnc1)C(=O)c1ccc(-n2ccnc2)c([N+](=O)[O-])c1. The number of pyridine rings is 1. The van der Waals surface area contributed by atoms with E-state index in [1.54, 1.807) is 24.7 Å².